The molecule has 0 aromatic carbocycles. The highest BCUT2D eigenvalue weighted by atomic mass is 35.5. The Hall–Kier alpha value is -0.140. The van der Waals surface area contributed by atoms with Crippen molar-refractivity contribution < 1.29 is 8.42 Å². The maximum Gasteiger partial charge on any atom is 0.252 e. The van der Waals surface area contributed by atoms with Crippen LogP contribution in [-0.4, -0.2) is 31.4 Å². The Morgan fingerprint density at radius 3 is 2.74 bits per heavy atom. The molecule has 1 fully saturated rings. The minimum absolute atomic E-state index is 0.111. The highest BCUT2D eigenvalue weighted by Crippen LogP contribution is 2.34. The molecule has 2 rings (SSSR count). The number of rotatable bonds is 3. The van der Waals surface area contributed by atoms with Crippen LogP contribution in [0.2, 0.25) is 4.34 Å². The number of aryl methyl sites for hydroxylation is 1. The molecule has 2 N–H and O–H groups in total. The zero-order chi connectivity index (χ0) is 14.2. The zero-order valence-corrected chi connectivity index (χ0v) is 13.5. The fourth-order valence-electron chi connectivity index (χ4n) is 2.43. The van der Waals surface area contributed by atoms with Crippen molar-refractivity contribution in [3.63, 3.8) is 0 Å². The maximum absolute atomic E-state index is 12.7. The summed E-state index contributed by atoms with van der Waals surface area (Å²) in [6, 6.07) is 1.38. The molecular weight excluding hydrogens is 304 g/mol. The van der Waals surface area contributed by atoms with Crippen LogP contribution in [0.3, 0.4) is 0 Å². The van der Waals surface area contributed by atoms with Crippen molar-refractivity contribution in [1.29, 1.82) is 0 Å². The predicted octanol–water partition coefficient (Wildman–Crippen LogP) is 2.60. The van der Waals surface area contributed by atoms with Crippen LogP contribution >= 0.6 is 22.9 Å². The van der Waals surface area contributed by atoms with Gasteiger partial charge < -0.3 is 5.73 Å². The van der Waals surface area contributed by atoms with Gasteiger partial charge in [-0.15, -0.1) is 11.3 Å². The number of sulfonamides is 1. The van der Waals surface area contributed by atoms with Gasteiger partial charge in [0.1, 0.15) is 4.21 Å². The third-order valence-corrected chi connectivity index (χ3v) is 7.43. The molecule has 0 amide bonds. The van der Waals surface area contributed by atoms with Crippen molar-refractivity contribution in [3.05, 3.63) is 16.0 Å². The first-order valence-electron chi connectivity index (χ1n) is 6.37. The fourth-order valence-corrected chi connectivity index (χ4v) is 6.04. The minimum atomic E-state index is -3.47. The monoisotopic (exact) mass is 322 g/mol. The summed E-state index contributed by atoms with van der Waals surface area (Å²) < 4.78 is 27.8. The van der Waals surface area contributed by atoms with Crippen molar-refractivity contribution in [2.45, 2.75) is 49.4 Å². The quantitative estimate of drug-likeness (QED) is 0.930. The summed E-state index contributed by atoms with van der Waals surface area (Å²) in [6.07, 6.45) is 2.75. The highest BCUT2D eigenvalue weighted by molar-refractivity contribution is 7.91. The first kappa shape index (κ1) is 15.3. The van der Waals surface area contributed by atoms with E-state index in [1.54, 1.807) is 10.4 Å². The molecular formula is C12H19ClN2O2S2. The molecule has 108 valence electrons. The van der Waals surface area contributed by atoms with Gasteiger partial charge in [-0.05, 0) is 38.3 Å². The van der Waals surface area contributed by atoms with Crippen LogP contribution in [0.4, 0.5) is 0 Å². The molecule has 1 aliphatic heterocycles. The topological polar surface area (TPSA) is 63.4 Å². The normalized spacial score (nSPS) is 23.5. The zero-order valence-electron chi connectivity index (χ0n) is 11.1. The molecule has 2 atom stereocenters. The SMILES string of the molecule is Cc1cc(S(=O)(=O)N2CCCCC2C(C)N)sc1Cl. The Bertz CT molecular complexity index is 535. The molecule has 1 aliphatic rings. The second-order valence-electron chi connectivity index (χ2n) is 5.06. The smallest absolute Gasteiger partial charge is 0.252 e. The molecule has 1 aromatic heterocycles. The number of thiophene rings is 1. The molecule has 0 saturated carbocycles. The second-order valence-corrected chi connectivity index (χ2v) is 8.83. The summed E-state index contributed by atoms with van der Waals surface area (Å²) in [5, 5.41) is 0. The minimum Gasteiger partial charge on any atom is -0.326 e. The van der Waals surface area contributed by atoms with Crippen LogP contribution in [0.25, 0.3) is 0 Å². The van der Waals surface area contributed by atoms with E-state index in [9.17, 15) is 8.42 Å². The first-order chi connectivity index (χ1) is 8.84. The Balaban J connectivity index is 2.37. The van der Waals surface area contributed by atoms with Crippen LogP contribution in [0.5, 0.6) is 0 Å². The molecule has 19 heavy (non-hydrogen) atoms. The van der Waals surface area contributed by atoms with Gasteiger partial charge in [0, 0.05) is 18.6 Å². The number of hydrogen-bond acceptors (Lipinski definition) is 4. The molecule has 0 radical (unpaired) electrons. The van der Waals surface area contributed by atoms with E-state index in [1.807, 2.05) is 13.8 Å². The van der Waals surface area contributed by atoms with E-state index in [2.05, 4.69) is 0 Å². The van der Waals surface area contributed by atoms with Crippen LogP contribution in [0.15, 0.2) is 10.3 Å². The second kappa shape index (κ2) is 5.69. The van der Waals surface area contributed by atoms with E-state index in [-0.39, 0.29) is 12.1 Å². The summed E-state index contributed by atoms with van der Waals surface area (Å²) in [5.41, 5.74) is 6.74. The number of halogens is 1. The van der Waals surface area contributed by atoms with Crippen molar-refractivity contribution in [3.8, 4) is 0 Å². The van der Waals surface area contributed by atoms with Gasteiger partial charge in [-0.2, -0.15) is 4.31 Å². The van der Waals surface area contributed by atoms with Crippen LogP contribution in [0, 0.1) is 6.92 Å². The number of nitrogens with zero attached hydrogens (tertiary/aromatic N) is 1. The third-order valence-electron chi connectivity index (χ3n) is 3.50. The fraction of sp³-hybridized carbons (Fsp3) is 0.667. The van der Waals surface area contributed by atoms with Crippen LogP contribution in [0.1, 0.15) is 31.7 Å². The highest BCUT2D eigenvalue weighted by Gasteiger charge is 2.36. The van der Waals surface area contributed by atoms with Gasteiger partial charge in [0.25, 0.3) is 10.0 Å². The summed E-state index contributed by atoms with van der Waals surface area (Å²) in [7, 11) is -3.47. The largest absolute Gasteiger partial charge is 0.326 e. The van der Waals surface area contributed by atoms with E-state index in [1.165, 1.54) is 0 Å². The van der Waals surface area contributed by atoms with Crippen LogP contribution in [-0.2, 0) is 10.0 Å². The van der Waals surface area contributed by atoms with E-state index in [0.29, 0.717) is 15.1 Å². The van der Waals surface area contributed by atoms with Gasteiger partial charge in [-0.3, -0.25) is 0 Å². The lowest BCUT2D eigenvalue weighted by Gasteiger charge is -2.36. The lowest BCUT2D eigenvalue weighted by molar-refractivity contribution is 0.227. The summed E-state index contributed by atoms with van der Waals surface area (Å²) >= 11 is 7.11. The lowest BCUT2D eigenvalue weighted by Crippen LogP contribution is -2.51. The standard InChI is InChI=1S/C12H19ClN2O2S2/c1-8-7-11(18-12(8)13)19(16,17)15-6-4-3-5-10(15)9(2)14/h7,9-10H,3-6,14H2,1-2H3. The van der Waals surface area contributed by atoms with Crippen LogP contribution < -0.4 is 5.73 Å². The van der Waals surface area contributed by atoms with E-state index in [4.69, 9.17) is 17.3 Å². The van der Waals surface area contributed by atoms with Crippen molar-refractivity contribution in [2.24, 2.45) is 5.73 Å². The molecule has 1 saturated heterocycles. The Labute approximate surface area is 123 Å². The molecule has 0 aliphatic carbocycles. The number of nitrogens with two attached hydrogens (primary N) is 1. The molecule has 7 heteroatoms. The summed E-state index contributed by atoms with van der Waals surface area (Å²) in [4.78, 5) is 0. The number of hydrogen-bond donors (Lipinski definition) is 1. The van der Waals surface area contributed by atoms with Crippen molar-refractivity contribution in [1.82, 2.24) is 4.31 Å². The molecule has 1 aromatic rings. The average Bonchev–Trinajstić information content (AvgIpc) is 2.70. The third kappa shape index (κ3) is 2.97. The van der Waals surface area contributed by atoms with Crippen molar-refractivity contribution >= 4 is 33.0 Å². The average molecular weight is 323 g/mol. The molecule has 0 bridgehead atoms. The number of piperidine rings is 1. The molecule has 2 heterocycles. The van der Waals surface area contributed by atoms with E-state index < -0.39 is 10.0 Å². The summed E-state index contributed by atoms with van der Waals surface area (Å²) in [6.45, 7) is 4.23. The van der Waals surface area contributed by atoms with E-state index in [0.717, 1.165) is 36.2 Å². The first-order valence-corrected chi connectivity index (χ1v) is 9.01. The Morgan fingerprint density at radius 2 is 2.21 bits per heavy atom. The maximum atomic E-state index is 12.7. The Kier molecular flexibility index (Phi) is 4.57. The van der Waals surface area contributed by atoms with Gasteiger partial charge in [0.05, 0.1) is 4.34 Å². The van der Waals surface area contributed by atoms with Gasteiger partial charge in [0.2, 0.25) is 0 Å². The van der Waals surface area contributed by atoms with Crippen molar-refractivity contribution in [2.75, 3.05) is 6.54 Å². The Morgan fingerprint density at radius 1 is 1.53 bits per heavy atom. The lowest BCUT2D eigenvalue weighted by atomic mass is 10.00. The molecule has 4 nitrogen and oxygen atoms in total. The van der Waals surface area contributed by atoms with E-state index >= 15 is 0 Å². The predicted molar refractivity (Wildman–Crippen MR) is 79.2 cm³/mol. The van der Waals surface area contributed by atoms with Gasteiger partial charge in [-0.1, -0.05) is 18.0 Å². The molecule has 2 unspecified atom stereocenters. The molecule has 0 spiro atoms. The van der Waals surface area contributed by atoms with Gasteiger partial charge >= 0.3 is 0 Å². The van der Waals surface area contributed by atoms with Gasteiger partial charge in [0.15, 0.2) is 0 Å². The summed E-state index contributed by atoms with van der Waals surface area (Å²) in [5.74, 6) is 0. The van der Waals surface area contributed by atoms with Gasteiger partial charge in [-0.25, -0.2) is 8.42 Å².